The molecule has 5 heteroatoms. The van der Waals surface area contributed by atoms with Gasteiger partial charge in [-0.05, 0) is 41.6 Å². The zero-order valence-electron chi connectivity index (χ0n) is 9.31. The third kappa shape index (κ3) is 2.85. The number of hydrogen-bond donors (Lipinski definition) is 2. The van der Waals surface area contributed by atoms with Crippen molar-refractivity contribution in [3.8, 4) is 17.1 Å². The second kappa shape index (κ2) is 5.31. The summed E-state index contributed by atoms with van der Waals surface area (Å²) in [5.74, 6) is 1.65. The molecule has 0 bridgehead atoms. The number of hydrogen-bond acceptors (Lipinski definition) is 4. The van der Waals surface area contributed by atoms with Crippen molar-refractivity contribution >= 4 is 28.4 Å². The molecule has 0 aliphatic heterocycles. The topological polar surface area (TPSA) is 58.0 Å². The fourth-order valence-electron chi connectivity index (χ4n) is 1.44. The number of nitrogens with one attached hydrogen (secondary N) is 1. The van der Waals surface area contributed by atoms with E-state index in [1.807, 2.05) is 13.0 Å². The number of phenolic OH excluding ortho intramolecular Hbond substituents is 1. The molecule has 0 aliphatic carbocycles. The molecule has 0 spiro atoms. The number of benzene rings is 1. The van der Waals surface area contributed by atoms with Crippen LogP contribution in [0.5, 0.6) is 5.75 Å². The van der Waals surface area contributed by atoms with Gasteiger partial charge in [0.25, 0.3) is 0 Å². The minimum atomic E-state index is 0.217. The van der Waals surface area contributed by atoms with Gasteiger partial charge < -0.3 is 10.4 Å². The second-order valence-electron chi connectivity index (χ2n) is 3.47. The molecule has 2 N–H and O–H groups in total. The second-order valence-corrected chi connectivity index (χ2v) is 4.63. The summed E-state index contributed by atoms with van der Waals surface area (Å²) in [6, 6.07) is 6.93. The molecule has 2 aromatic rings. The van der Waals surface area contributed by atoms with Crippen LogP contribution in [0.25, 0.3) is 11.4 Å². The summed E-state index contributed by atoms with van der Waals surface area (Å²) in [5, 5.41) is 12.6. The van der Waals surface area contributed by atoms with Gasteiger partial charge in [-0.3, -0.25) is 0 Å². The summed E-state index contributed by atoms with van der Waals surface area (Å²) in [6.45, 7) is 2.83. The first-order chi connectivity index (χ1) is 8.20. The van der Waals surface area contributed by atoms with E-state index >= 15 is 0 Å². The van der Waals surface area contributed by atoms with Crippen LogP contribution in [0.15, 0.2) is 30.5 Å². The van der Waals surface area contributed by atoms with Crippen LogP contribution >= 0.6 is 22.6 Å². The molecular formula is C12H12IN3O. The third-order valence-electron chi connectivity index (χ3n) is 2.19. The highest BCUT2D eigenvalue weighted by molar-refractivity contribution is 14.1. The molecule has 0 radical (unpaired) electrons. The Morgan fingerprint density at radius 1 is 1.41 bits per heavy atom. The molecule has 0 aliphatic rings. The summed E-state index contributed by atoms with van der Waals surface area (Å²) < 4.78 is 0.980. The van der Waals surface area contributed by atoms with Crippen LogP contribution in [0, 0.1) is 3.57 Å². The summed E-state index contributed by atoms with van der Waals surface area (Å²) in [5.41, 5.74) is 0.806. The van der Waals surface area contributed by atoms with E-state index in [9.17, 15) is 5.11 Å². The van der Waals surface area contributed by atoms with Crippen LogP contribution in [-0.2, 0) is 0 Å². The van der Waals surface area contributed by atoms with Crippen LogP contribution in [0.4, 0.5) is 5.82 Å². The van der Waals surface area contributed by atoms with Gasteiger partial charge in [0.1, 0.15) is 11.6 Å². The Morgan fingerprint density at radius 2 is 2.24 bits per heavy atom. The van der Waals surface area contributed by atoms with Crippen molar-refractivity contribution < 1.29 is 5.11 Å². The Hall–Kier alpha value is -1.37. The Balaban J connectivity index is 2.42. The van der Waals surface area contributed by atoms with E-state index in [4.69, 9.17) is 0 Å². The number of rotatable bonds is 3. The highest BCUT2D eigenvalue weighted by Gasteiger charge is 2.06. The molecule has 17 heavy (non-hydrogen) atoms. The van der Waals surface area contributed by atoms with Crippen molar-refractivity contribution in [2.45, 2.75) is 6.92 Å². The molecule has 1 aromatic heterocycles. The first-order valence-corrected chi connectivity index (χ1v) is 6.34. The summed E-state index contributed by atoms with van der Waals surface area (Å²) in [6.07, 6.45) is 1.77. The predicted octanol–water partition coefficient (Wildman–Crippen LogP) is 2.89. The number of aromatic nitrogens is 2. The van der Waals surface area contributed by atoms with E-state index < -0.39 is 0 Å². The van der Waals surface area contributed by atoms with Crippen LogP contribution in [-0.4, -0.2) is 21.6 Å². The maximum Gasteiger partial charge on any atom is 0.161 e. The lowest BCUT2D eigenvalue weighted by atomic mass is 10.2. The molecule has 88 valence electrons. The fourth-order valence-corrected chi connectivity index (χ4v) is 1.89. The monoisotopic (exact) mass is 341 g/mol. The Labute approximate surface area is 113 Å². The van der Waals surface area contributed by atoms with Crippen molar-refractivity contribution in [1.82, 2.24) is 9.97 Å². The first-order valence-electron chi connectivity index (χ1n) is 5.26. The van der Waals surface area contributed by atoms with E-state index in [1.54, 1.807) is 24.4 Å². The molecule has 0 fully saturated rings. The first kappa shape index (κ1) is 12.1. The molecule has 0 unspecified atom stereocenters. The number of halogens is 1. The van der Waals surface area contributed by atoms with Gasteiger partial charge in [-0.2, -0.15) is 0 Å². The quantitative estimate of drug-likeness (QED) is 0.843. The SMILES string of the molecule is CCNc1nc(-c2cccc(O)c2)ncc1I. The van der Waals surface area contributed by atoms with Gasteiger partial charge in [-0.1, -0.05) is 12.1 Å². The van der Waals surface area contributed by atoms with Crippen molar-refractivity contribution in [3.05, 3.63) is 34.0 Å². The molecule has 1 heterocycles. The zero-order chi connectivity index (χ0) is 12.3. The van der Waals surface area contributed by atoms with Gasteiger partial charge in [-0.15, -0.1) is 0 Å². The molecule has 0 atom stereocenters. The molecule has 4 nitrogen and oxygen atoms in total. The number of nitrogens with zero attached hydrogens (tertiary/aromatic N) is 2. The van der Waals surface area contributed by atoms with E-state index in [0.717, 1.165) is 21.5 Å². The maximum absolute atomic E-state index is 9.43. The van der Waals surface area contributed by atoms with Gasteiger partial charge in [0, 0.05) is 18.3 Å². The largest absolute Gasteiger partial charge is 0.508 e. The van der Waals surface area contributed by atoms with Crippen LogP contribution < -0.4 is 5.32 Å². The summed E-state index contributed by atoms with van der Waals surface area (Å²) in [7, 11) is 0. The van der Waals surface area contributed by atoms with E-state index in [1.165, 1.54) is 0 Å². The molecule has 2 rings (SSSR count). The summed E-state index contributed by atoms with van der Waals surface area (Å²) in [4.78, 5) is 8.70. The van der Waals surface area contributed by atoms with Gasteiger partial charge in [-0.25, -0.2) is 9.97 Å². The average Bonchev–Trinajstić information content (AvgIpc) is 2.32. The third-order valence-corrected chi connectivity index (χ3v) is 2.98. The molecule has 0 amide bonds. The van der Waals surface area contributed by atoms with Crippen LogP contribution in [0.3, 0.4) is 0 Å². The number of phenols is 1. The standard InChI is InChI=1S/C12H12IN3O/c1-2-14-12-10(13)7-15-11(16-12)8-4-3-5-9(17)6-8/h3-7,17H,2H2,1H3,(H,14,15,16). The predicted molar refractivity (Wildman–Crippen MR) is 76.0 cm³/mol. The highest BCUT2D eigenvalue weighted by Crippen LogP contribution is 2.23. The lowest BCUT2D eigenvalue weighted by Gasteiger charge is -2.07. The van der Waals surface area contributed by atoms with Crippen molar-refractivity contribution in [1.29, 1.82) is 0 Å². The van der Waals surface area contributed by atoms with Crippen molar-refractivity contribution in [2.24, 2.45) is 0 Å². The molecule has 1 aromatic carbocycles. The fraction of sp³-hybridized carbons (Fsp3) is 0.167. The highest BCUT2D eigenvalue weighted by atomic mass is 127. The van der Waals surface area contributed by atoms with E-state index in [2.05, 4.69) is 37.9 Å². The van der Waals surface area contributed by atoms with Gasteiger partial charge in [0.05, 0.1) is 3.57 Å². The summed E-state index contributed by atoms with van der Waals surface area (Å²) >= 11 is 2.19. The van der Waals surface area contributed by atoms with E-state index in [-0.39, 0.29) is 5.75 Å². The van der Waals surface area contributed by atoms with Gasteiger partial charge >= 0.3 is 0 Å². The molecular weight excluding hydrogens is 329 g/mol. The van der Waals surface area contributed by atoms with Crippen molar-refractivity contribution in [3.63, 3.8) is 0 Å². The number of aromatic hydroxyl groups is 1. The minimum absolute atomic E-state index is 0.217. The lowest BCUT2D eigenvalue weighted by Crippen LogP contribution is -2.03. The van der Waals surface area contributed by atoms with E-state index in [0.29, 0.717) is 5.82 Å². The average molecular weight is 341 g/mol. The van der Waals surface area contributed by atoms with Gasteiger partial charge in [0.15, 0.2) is 5.82 Å². The van der Waals surface area contributed by atoms with Crippen LogP contribution in [0.2, 0.25) is 0 Å². The number of anilines is 1. The Bertz CT molecular complexity index is 531. The van der Waals surface area contributed by atoms with Crippen molar-refractivity contribution in [2.75, 3.05) is 11.9 Å². The normalized spacial score (nSPS) is 10.2. The molecule has 0 saturated heterocycles. The maximum atomic E-state index is 9.43. The zero-order valence-corrected chi connectivity index (χ0v) is 11.5. The van der Waals surface area contributed by atoms with Crippen LogP contribution in [0.1, 0.15) is 6.92 Å². The Morgan fingerprint density at radius 3 is 2.94 bits per heavy atom. The molecule has 0 saturated carbocycles. The smallest absolute Gasteiger partial charge is 0.161 e. The van der Waals surface area contributed by atoms with Gasteiger partial charge in [0.2, 0.25) is 0 Å². The minimum Gasteiger partial charge on any atom is -0.508 e. The Kier molecular flexibility index (Phi) is 3.78. The lowest BCUT2D eigenvalue weighted by molar-refractivity contribution is 0.475.